The van der Waals surface area contributed by atoms with Crippen molar-refractivity contribution in [2.75, 3.05) is 18.4 Å². The van der Waals surface area contributed by atoms with Crippen LogP contribution in [0.5, 0.6) is 0 Å². The Morgan fingerprint density at radius 1 is 1.17 bits per heavy atom. The summed E-state index contributed by atoms with van der Waals surface area (Å²) >= 11 is 0. The van der Waals surface area contributed by atoms with Crippen molar-refractivity contribution in [2.24, 2.45) is 5.92 Å². The highest BCUT2D eigenvalue weighted by Gasteiger charge is 2.24. The Balaban J connectivity index is 1.41. The molecule has 1 unspecified atom stereocenters. The predicted octanol–water partition coefficient (Wildman–Crippen LogP) is 4.47. The van der Waals surface area contributed by atoms with Crippen LogP contribution in [0.2, 0.25) is 0 Å². The zero-order valence-electron chi connectivity index (χ0n) is 16.8. The summed E-state index contributed by atoms with van der Waals surface area (Å²) in [4.78, 5) is 26.5. The summed E-state index contributed by atoms with van der Waals surface area (Å²) in [7, 11) is 0. The molecule has 0 saturated carbocycles. The summed E-state index contributed by atoms with van der Waals surface area (Å²) < 4.78 is 13.2. The molecule has 29 heavy (non-hydrogen) atoms. The maximum absolute atomic E-state index is 13.2. The molecule has 2 aromatic rings. The number of piperidine rings is 1. The molecule has 0 radical (unpaired) electrons. The second kappa shape index (κ2) is 10.0. The molecule has 0 spiro atoms. The first-order valence-electron chi connectivity index (χ1n) is 10.1. The van der Waals surface area contributed by atoms with Crippen molar-refractivity contribution < 1.29 is 14.0 Å². The minimum atomic E-state index is -0.303. The molecule has 1 fully saturated rings. The fourth-order valence-electron chi connectivity index (χ4n) is 3.60. The Morgan fingerprint density at radius 2 is 1.97 bits per heavy atom. The van der Waals surface area contributed by atoms with Gasteiger partial charge in [-0.05, 0) is 61.9 Å². The van der Waals surface area contributed by atoms with E-state index in [1.807, 2.05) is 36.1 Å². The summed E-state index contributed by atoms with van der Waals surface area (Å²) in [5.41, 5.74) is 2.69. The molecule has 154 valence electrons. The first kappa shape index (κ1) is 20.8. The van der Waals surface area contributed by atoms with E-state index in [4.69, 9.17) is 0 Å². The van der Waals surface area contributed by atoms with Crippen molar-refractivity contribution in [1.29, 1.82) is 0 Å². The third-order valence-electron chi connectivity index (χ3n) is 5.27. The van der Waals surface area contributed by atoms with Crippen LogP contribution in [0.25, 0.3) is 0 Å². The van der Waals surface area contributed by atoms with Crippen molar-refractivity contribution in [1.82, 2.24) is 10.2 Å². The van der Waals surface area contributed by atoms with Gasteiger partial charge in [0.2, 0.25) is 5.91 Å². The number of hydrogen-bond acceptors (Lipinski definition) is 2. The number of aryl methyl sites for hydroxylation is 1. The summed E-state index contributed by atoms with van der Waals surface area (Å²) in [6.07, 6.45) is 3.11. The van der Waals surface area contributed by atoms with E-state index in [-0.39, 0.29) is 17.8 Å². The number of benzene rings is 2. The Morgan fingerprint density at radius 3 is 2.72 bits per heavy atom. The zero-order valence-corrected chi connectivity index (χ0v) is 16.8. The number of carbonyl (C=O) groups is 2. The molecule has 1 aliphatic heterocycles. The largest absolute Gasteiger partial charge is 0.352 e. The number of nitrogens with zero attached hydrogens (tertiary/aromatic N) is 1. The van der Waals surface area contributed by atoms with Crippen LogP contribution < -0.4 is 10.6 Å². The van der Waals surface area contributed by atoms with Crippen molar-refractivity contribution in [2.45, 2.75) is 39.2 Å². The lowest BCUT2D eigenvalue weighted by Gasteiger charge is -2.32. The van der Waals surface area contributed by atoms with Gasteiger partial charge < -0.3 is 15.5 Å². The number of nitrogens with one attached hydrogen (secondary N) is 2. The number of carbonyl (C=O) groups excluding carboxylic acids is 2. The van der Waals surface area contributed by atoms with Crippen LogP contribution in [-0.2, 0) is 11.3 Å². The van der Waals surface area contributed by atoms with E-state index in [0.717, 1.165) is 42.6 Å². The molecule has 3 amide bonds. The van der Waals surface area contributed by atoms with Crippen LogP contribution in [-0.4, -0.2) is 29.9 Å². The summed E-state index contributed by atoms with van der Waals surface area (Å²) in [6.45, 7) is 3.73. The minimum absolute atomic E-state index is 0.0458. The number of rotatable bonds is 6. The fourth-order valence-corrected chi connectivity index (χ4v) is 3.60. The van der Waals surface area contributed by atoms with Gasteiger partial charge in [-0.25, -0.2) is 9.18 Å². The topological polar surface area (TPSA) is 61.4 Å². The van der Waals surface area contributed by atoms with Gasteiger partial charge in [0, 0.05) is 31.7 Å². The summed E-state index contributed by atoms with van der Waals surface area (Å²) in [6, 6.07) is 13.9. The van der Waals surface area contributed by atoms with E-state index in [9.17, 15) is 14.0 Å². The summed E-state index contributed by atoms with van der Waals surface area (Å²) in [5, 5.41) is 5.78. The molecule has 2 aromatic carbocycles. The quantitative estimate of drug-likeness (QED) is 0.755. The monoisotopic (exact) mass is 397 g/mol. The SMILES string of the molecule is Cc1ccc(NC(=O)N2CCCC(CCC(=O)NCc3cccc(F)c3)C2)cc1. The number of urea groups is 1. The molecule has 1 aliphatic rings. The van der Waals surface area contributed by atoms with Crippen LogP contribution in [0, 0.1) is 18.7 Å². The molecule has 1 saturated heterocycles. The van der Waals surface area contributed by atoms with E-state index in [2.05, 4.69) is 10.6 Å². The number of halogens is 1. The van der Waals surface area contributed by atoms with Crippen LogP contribution >= 0.6 is 0 Å². The predicted molar refractivity (Wildman–Crippen MR) is 112 cm³/mol. The molecule has 1 heterocycles. The van der Waals surface area contributed by atoms with Gasteiger partial charge >= 0.3 is 6.03 Å². The van der Waals surface area contributed by atoms with Gasteiger partial charge in [0.05, 0.1) is 0 Å². The molecule has 0 aliphatic carbocycles. The third kappa shape index (κ3) is 6.59. The standard InChI is InChI=1S/C23H28FN3O2/c1-17-7-10-21(11-8-17)26-23(29)27-13-3-5-18(16-27)9-12-22(28)25-15-19-4-2-6-20(24)14-19/h2,4,6-8,10-11,14,18H,3,5,9,12-13,15-16H2,1H3,(H,25,28)(H,26,29). The zero-order chi connectivity index (χ0) is 20.6. The number of anilines is 1. The Kier molecular flexibility index (Phi) is 7.22. The molecule has 5 nitrogen and oxygen atoms in total. The van der Waals surface area contributed by atoms with Crippen LogP contribution in [0.4, 0.5) is 14.9 Å². The highest BCUT2D eigenvalue weighted by Crippen LogP contribution is 2.22. The molecule has 1 atom stereocenters. The van der Waals surface area contributed by atoms with Crippen LogP contribution in [0.15, 0.2) is 48.5 Å². The van der Waals surface area contributed by atoms with E-state index < -0.39 is 0 Å². The average Bonchev–Trinajstić information content (AvgIpc) is 2.72. The average molecular weight is 397 g/mol. The van der Waals surface area contributed by atoms with Gasteiger partial charge in [0.25, 0.3) is 0 Å². The lowest BCUT2D eigenvalue weighted by Crippen LogP contribution is -2.42. The first-order valence-corrected chi connectivity index (χ1v) is 10.1. The molecular weight excluding hydrogens is 369 g/mol. The maximum atomic E-state index is 13.2. The highest BCUT2D eigenvalue weighted by molar-refractivity contribution is 5.89. The Labute approximate surface area is 171 Å². The summed E-state index contributed by atoms with van der Waals surface area (Å²) in [5.74, 6) is -0.0362. The maximum Gasteiger partial charge on any atom is 0.321 e. The van der Waals surface area contributed by atoms with Crippen molar-refractivity contribution in [3.63, 3.8) is 0 Å². The molecule has 0 bridgehead atoms. The van der Waals surface area contributed by atoms with Crippen molar-refractivity contribution in [3.8, 4) is 0 Å². The normalized spacial score (nSPS) is 16.3. The molecule has 2 N–H and O–H groups in total. The van der Waals surface area contributed by atoms with Gasteiger partial charge in [-0.3, -0.25) is 4.79 Å². The van der Waals surface area contributed by atoms with E-state index in [1.54, 1.807) is 12.1 Å². The lowest BCUT2D eigenvalue weighted by molar-refractivity contribution is -0.121. The fraction of sp³-hybridized carbons (Fsp3) is 0.391. The van der Waals surface area contributed by atoms with Gasteiger partial charge in [-0.1, -0.05) is 29.8 Å². The van der Waals surface area contributed by atoms with Gasteiger partial charge in [0.15, 0.2) is 0 Å². The number of amides is 3. The van der Waals surface area contributed by atoms with E-state index in [0.29, 0.717) is 25.4 Å². The van der Waals surface area contributed by atoms with Gasteiger partial charge in [-0.2, -0.15) is 0 Å². The molecule has 6 heteroatoms. The lowest BCUT2D eigenvalue weighted by atomic mass is 9.93. The Hall–Kier alpha value is -2.89. The highest BCUT2D eigenvalue weighted by atomic mass is 19.1. The second-order valence-corrected chi connectivity index (χ2v) is 7.70. The van der Waals surface area contributed by atoms with Gasteiger partial charge in [-0.15, -0.1) is 0 Å². The molecule has 3 rings (SSSR count). The molecular formula is C23H28FN3O2. The number of likely N-dealkylation sites (tertiary alicyclic amines) is 1. The third-order valence-corrected chi connectivity index (χ3v) is 5.27. The second-order valence-electron chi connectivity index (χ2n) is 7.70. The van der Waals surface area contributed by atoms with Gasteiger partial charge in [0.1, 0.15) is 5.82 Å². The van der Waals surface area contributed by atoms with E-state index in [1.165, 1.54) is 12.1 Å². The number of hydrogen-bond donors (Lipinski definition) is 2. The smallest absolute Gasteiger partial charge is 0.321 e. The van der Waals surface area contributed by atoms with Crippen molar-refractivity contribution >= 4 is 17.6 Å². The van der Waals surface area contributed by atoms with E-state index >= 15 is 0 Å². The Bertz CT molecular complexity index is 838. The minimum Gasteiger partial charge on any atom is -0.352 e. The molecule has 0 aromatic heterocycles. The first-order chi connectivity index (χ1) is 14.0. The van der Waals surface area contributed by atoms with Crippen LogP contribution in [0.1, 0.15) is 36.8 Å². The van der Waals surface area contributed by atoms with Crippen LogP contribution in [0.3, 0.4) is 0 Å². The van der Waals surface area contributed by atoms with Crippen molar-refractivity contribution in [3.05, 3.63) is 65.5 Å².